The van der Waals surface area contributed by atoms with E-state index in [-0.39, 0.29) is 18.9 Å². The summed E-state index contributed by atoms with van der Waals surface area (Å²) in [5, 5.41) is 11.6. The molecule has 0 saturated heterocycles. The first-order chi connectivity index (χ1) is 10.5. The normalized spacial score (nSPS) is 13.4. The Morgan fingerprint density at radius 3 is 2.55 bits per heavy atom. The summed E-state index contributed by atoms with van der Waals surface area (Å²) in [7, 11) is 1.39. The summed E-state index contributed by atoms with van der Waals surface area (Å²) < 4.78 is 10.3. The zero-order chi connectivity index (χ0) is 16.4. The molecule has 0 aromatic heterocycles. The third-order valence-corrected chi connectivity index (χ3v) is 3.12. The Hall–Kier alpha value is -1.92. The molecule has 0 radical (unpaired) electrons. The molecule has 0 bridgehead atoms. The highest BCUT2D eigenvalue weighted by Crippen LogP contribution is 2.06. The highest BCUT2D eigenvalue weighted by molar-refractivity contribution is 5.86. The van der Waals surface area contributed by atoms with Gasteiger partial charge < -0.3 is 19.9 Å². The van der Waals surface area contributed by atoms with Gasteiger partial charge in [0.25, 0.3) is 0 Å². The van der Waals surface area contributed by atoms with Crippen molar-refractivity contribution in [2.75, 3.05) is 20.3 Å². The number of hydrogen-bond acceptors (Lipinski definition) is 4. The first-order valence-corrected chi connectivity index (χ1v) is 7.13. The largest absolute Gasteiger partial charge is 0.479 e. The van der Waals surface area contributed by atoms with Crippen molar-refractivity contribution in [2.45, 2.75) is 31.9 Å². The number of carbonyl (C=O) groups excluding carboxylic acids is 1. The van der Waals surface area contributed by atoms with Gasteiger partial charge in [0.15, 0.2) is 5.54 Å². The van der Waals surface area contributed by atoms with Gasteiger partial charge in [-0.25, -0.2) is 4.79 Å². The molecular weight excluding hydrogens is 286 g/mol. The Balaban J connectivity index is 2.24. The van der Waals surface area contributed by atoms with Crippen LogP contribution in [0.1, 0.15) is 25.3 Å². The molecule has 22 heavy (non-hydrogen) atoms. The molecule has 0 spiro atoms. The first kappa shape index (κ1) is 18.1. The highest BCUT2D eigenvalue weighted by Gasteiger charge is 2.34. The lowest BCUT2D eigenvalue weighted by atomic mass is 10.0. The van der Waals surface area contributed by atoms with Crippen LogP contribution in [0.2, 0.25) is 0 Å². The van der Waals surface area contributed by atoms with Crippen LogP contribution in [0.15, 0.2) is 30.3 Å². The van der Waals surface area contributed by atoms with Crippen molar-refractivity contribution in [1.82, 2.24) is 5.32 Å². The number of aliphatic carboxylic acids is 1. The summed E-state index contributed by atoms with van der Waals surface area (Å²) in [6, 6.07) is 9.75. The average Bonchev–Trinajstić information content (AvgIpc) is 2.48. The van der Waals surface area contributed by atoms with Crippen molar-refractivity contribution in [3.63, 3.8) is 0 Å². The van der Waals surface area contributed by atoms with Crippen LogP contribution in [0.3, 0.4) is 0 Å². The van der Waals surface area contributed by atoms with Gasteiger partial charge in [-0.05, 0) is 18.9 Å². The number of amides is 1. The van der Waals surface area contributed by atoms with E-state index >= 15 is 0 Å². The summed E-state index contributed by atoms with van der Waals surface area (Å²) >= 11 is 0. The third kappa shape index (κ3) is 6.24. The van der Waals surface area contributed by atoms with E-state index in [4.69, 9.17) is 14.6 Å². The van der Waals surface area contributed by atoms with Gasteiger partial charge in [0, 0.05) is 20.1 Å². The number of methoxy groups -OCH3 is 1. The van der Waals surface area contributed by atoms with Gasteiger partial charge in [0.05, 0.1) is 13.2 Å². The fourth-order valence-corrected chi connectivity index (χ4v) is 1.91. The highest BCUT2D eigenvalue weighted by atomic mass is 16.5. The van der Waals surface area contributed by atoms with E-state index in [1.54, 1.807) is 0 Å². The molecule has 2 N–H and O–H groups in total. The third-order valence-electron chi connectivity index (χ3n) is 3.12. The van der Waals surface area contributed by atoms with Crippen molar-refractivity contribution < 1.29 is 24.2 Å². The molecule has 0 aliphatic rings. The molecule has 1 aromatic rings. The average molecular weight is 309 g/mol. The minimum absolute atomic E-state index is 0.0847. The lowest BCUT2D eigenvalue weighted by molar-refractivity contribution is -0.149. The van der Waals surface area contributed by atoms with E-state index in [2.05, 4.69) is 5.32 Å². The van der Waals surface area contributed by atoms with Crippen molar-refractivity contribution in [3.8, 4) is 0 Å². The Kier molecular flexibility index (Phi) is 7.56. The predicted molar refractivity (Wildman–Crippen MR) is 81.4 cm³/mol. The molecule has 0 aliphatic heterocycles. The number of ether oxygens (including phenoxy) is 2. The Bertz CT molecular complexity index is 477. The molecule has 0 aliphatic carbocycles. The Morgan fingerprint density at radius 1 is 1.27 bits per heavy atom. The summed E-state index contributed by atoms with van der Waals surface area (Å²) in [6.45, 7) is 2.27. The molecule has 0 saturated carbocycles. The molecule has 1 rings (SSSR count). The Morgan fingerprint density at radius 2 is 1.95 bits per heavy atom. The molecular formula is C16H23NO5. The molecule has 1 amide bonds. The fraction of sp³-hybridized carbons (Fsp3) is 0.500. The quantitative estimate of drug-likeness (QED) is 0.641. The minimum atomic E-state index is -1.41. The summed E-state index contributed by atoms with van der Waals surface area (Å²) in [6.07, 6.45) is 0.739. The van der Waals surface area contributed by atoms with Crippen LogP contribution in [0, 0.1) is 0 Å². The van der Waals surface area contributed by atoms with Crippen LogP contribution in [-0.4, -0.2) is 42.8 Å². The summed E-state index contributed by atoms with van der Waals surface area (Å²) in [5.74, 6) is -1.45. The topological polar surface area (TPSA) is 84.9 Å². The van der Waals surface area contributed by atoms with Crippen LogP contribution in [0.5, 0.6) is 0 Å². The molecule has 1 unspecified atom stereocenters. The van der Waals surface area contributed by atoms with E-state index in [9.17, 15) is 9.59 Å². The Labute approximate surface area is 130 Å². The summed E-state index contributed by atoms with van der Waals surface area (Å²) in [5.41, 5.74) is -0.331. The second-order valence-corrected chi connectivity index (χ2v) is 5.26. The van der Waals surface area contributed by atoms with Crippen molar-refractivity contribution in [3.05, 3.63) is 35.9 Å². The van der Waals surface area contributed by atoms with E-state index in [0.717, 1.165) is 5.56 Å². The molecule has 1 atom stereocenters. The van der Waals surface area contributed by atoms with Crippen LogP contribution in [0.4, 0.5) is 0 Å². The van der Waals surface area contributed by atoms with Gasteiger partial charge in [-0.1, -0.05) is 30.3 Å². The molecule has 6 heteroatoms. The number of carboxylic acid groups (broad SMARTS) is 1. The van der Waals surface area contributed by atoms with E-state index in [1.807, 2.05) is 30.3 Å². The van der Waals surface area contributed by atoms with Gasteiger partial charge >= 0.3 is 5.97 Å². The number of nitrogens with one attached hydrogen (secondary N) is 1. The lowest BCUT2D eigenvalue weighted by Crippen LogP contribution is -2.55. The van der Waals surface area contributed by atoms with Crippen molar-refractivity contribution in [1.29, 1.82) is 0 Å². The molecule has 6 nitrogen and oxygen atoms in total. The first-order valence-electron chi connectivity index (χ1n) is 7.13. The van der Waals surface area contributed by atoms with Gasteiger partial charge in [0.1, 0.15) is 0 Å². The van der Waals surface area contributed by atoms with E-state index in [1.165, 1.54) is 14.0 Å². The van der Waals surface area contributed by atoms with Crippen molar-refractivity contribution >= 4 is 11.9 Å². The van der Waals surface area contributed by atoms with Gasteiger partial charge in [0.2, 0.25) is 5.91 Å². The van der Waals surface area contributed by atoms with Crippen LogP contribution < -0.4 is 5.32 Å². The molecule has 0 fully saturated rings. The number of carboxylic acids is 1. The van der Waals surface area contributed by atoms with Crippen molar-refractivity contribution in [2.24, 2.45) is 0 Å². The molecule has 122 valence electrons. The minimum Gasteiger partial charge on any atom is -0.479 e. The smallest absolute Gasteiger partial charge is 0.331 e. The van der Waals surface area contributed by atoms with E-state index in [0.29, 0.717) is 19.6 Å². The molecule has 0 heterocycles. The maximum Gasteiger partial charge on any atom is 0.331 e. The summed E-state index contributed by atoms with van der Waals surface area (Å²) in [4.78, 5) is 22.9. The van der Waals surface area contributed by atoms with Gasteiger partial charge in [-0.3, -0.25) is 4.79 Å². The monoisotopic (exact) mass is 309 g/mol. The standard InChI is InChI=1S/C16H23NO5/c1-16(12-21-2,15(19)20)17-14(18)9-6-10-22-11-13-7-4-3-5-8-13/h3-5,7-8H,6,9-12H2,1-2H3,(H,17,18)(H,19,20). The number of hydrogen-bond donors (Lipinski definition) is 2. The zero-order valence-corrected chi connectivity index (χ0v) is 13.0. The van der Waals surface area contributed by atoms with Gasteiger partial charge in [-0.15, -0.1) is 0 Å². The zero-order valence-electron chi connectivity index (χ0n) is 13.0. The predicted octanol–water partition coefficient (Wildman–Crippen LogP) is 1.59. The second-order valence-electron chi connectivity index (χ2n) is 5.26. The SMILES string of the molecule is COCC(C)(NC(=O)CCCOCc1ccccc1)C(=O)O. The van der Waals surface area contributed by atoms with E-state index < -0.39 is 11.5 Å². The second kappa shape index (κ2) is 9.17. The lowest BCUT2D eigenvalue weighted by Gasteiger charge is -2.25. The fourth-order valence-electron chi connectivity index (χ4n) is 1.91. The maximum absolute atomic E-state index is 11.8. The van der Waals surface area contributed by atoms with Gasteiger partial charge in [-0.2, -0.15) is 0 Å². The molecule has 1 aromatic carbocycles. The van der Waals surface area contributed by atoms with Crippen LogP contribution >= 0.6 is 0 Å². The number of carbonyl (C=O) groups is 2. The number of rotatable bonds is 10. The van der Waals surface area contributed by atoms with Crippen LogP contribution in [-0.2, 0) is 25.7 Å². The maximum atomic E-state index is 11.8. The number of benzene rings is 1. The van der Waals surface area contributed by atoms with Crippen LogP contribution in [0.25, 0.3) is 0 Å².